The highest BCUT2D eigenvalue weighted by Crippen LogP contribution is 2.21. The molecule has 0 saturated heterocycles. The molecule has 0 aromatic heterocycles. The SMILES string of the molecule is CSCCC(NC(N)=O)C(=O)NC(C)c1ccc(-c2ccccc2)cc1. The zero-order valence-corrected chi connectivity index (χ0v) is 15.9. The van der Waals surface area contributed by atoms with Gasteiger partial charge in [-0.1, -0.05) is 54.6 Å². The fraction of sp³-hybridized carbons (Fsp3) is 0.300. The second-order valence-electron chi connectivity index (χ2n) is 6.06. The van der Waals surface area contributed by atoms with Gasteiger partial charge >= 0.3 is 6.03 Å². The molecule has 2 aromatic carbocycles. The van der Waals surface area contributed by atoms with E-state index in [0.29, 0.717) is 6.42 Å². The van der Waals surface area contributed by atoms with E-state index >= 15 is 0 Å². The Morgan fingerprint density at radius 2 is 1.62 bits per heavy atom. The minimum absolute atomic E-state index is 0.168. The molecule has 0 aliphatic rings. The summed E-state index contributed by atoms with van der Waals surface area (Å²) in [5.74, 6) is 0.538. The number of carbonyl (C=O) groups excluding carboxylic acids is 2. The highest BCUT2D eigenvalue weighted by molar-refractivity contribution is 7.98. The summed E-state index contributed by atoms with van der Waals surface area (Å²) in [5.41, 5.74) is 8.46. The second-order valence-corrected chi connectivity index (χ2v) is 7.05. The molecule has 6 heteroatoms. The highest BCUT2D eigenvalue weighted by atomic mass is 32.2. The second kappa shape index (κ2) is 9.87. The van der Waals surface area contributed by atoms with E-state index in [9.17, 15) is 9.59 Å². The van der Waals surface area contributed by atoms with Gasteiger partial charge in [-0.3, -0.25) is 4.79 Å². The third kappa shape index (κ3) is 5.81. The van der Waals surface area contributed by atoms with Crippen LogP contribution in [0, 0.1) is 0 Å². The van der Waals surface area contributed by atoms with E-state index in [0.717, 1.165) is 22.4 Å². The van der Waals surface area contributed by atoms with E-state index in [1.807, 2.05) is 55.6 Å². The van der Waals surface area contributed by atoms with Crippen molar-refractivity contribution in [2.75, 3.05) is 12.0 Å². The van der Waals surface area contributed by atoms with Crippen LogP contribution in [0.3, 0.4) is 0 Å². The van der Waals surface area contributed by atoms with Crippen molar-refractivity contribution in [1.29, 1.82) is 0 Å². The van der Waals surface area contributed by atoms with Crippen LogP contribution < -0.4 is 16.4 Å². The molecule has 0 fully saturated rings. The van der Waals surface area contributed by atoms with Gasteiger partial charge in [0.2, 0.25) is 5.91 Å². The molecule has 0 heterocycles. The molecule has 2 atom stereocenters. The maximum Gasteiger partial charge on any atom is 0.312 e. The normalized spacial score (nSPS) is 12.8. The van der Waals surface area contributed by atoms with E-state index in [1.54, 1.807) is 11.8 Å². The largest absolute Gasteiger partial charge is 0.352 e. The van der Waals surface area contributed by atoms with Crippen LogP contribution in [0.15, 0.2) is 54.6 Å². The van der Waals surface area contributed by atoms with Gasteiger partial charge in [-0.05, 0) is 42.0 Å². The van der Waals surface area contributed by atoms with Gasteiger partial charge in [0.1, 0.15) is 6.04 Å². The molecule has 0 aliphatic carbocycles. The quantitative estimate of drug-likeness (QED) is 0.665. The molecular formula is C20H25N3O2S. The fourth-order valence-electron chi connectivity index (χ4n) is 2.67. The molecule has 2 rings (SSSR count). The Bertz CT molecular complexity index is 720. The van der Waals surface area contributed by atoms with E-state index in [2.05, 4.69) is 22.8 Å². The lowest BCUT2D eigenvalue weighted by Crippen LogP contribution is -2.49. The van der Waals surface area contributed by atoms with Gasteiger partial charge in [0.15, 0.2) is 0 Å². The van der Waals surface area contributed by atoms with Crippen LogP contribution in [0.1, 0.15) is 24.9 Å². The van der Waals surface area contributed by atoms with Gasteiger partial charge in [0.05, 0.1) is 6.04 Å². The van der Waals surface area contributed by atoms with Gasteiger partial charge in [-0.15, -0.1) is 0 Å². The standard InChI is InChI=1S/C20H25N3O2S/c1-14(22-19(24)18(12-13-26-2)23-20(21)25)15-8-10-17(11-9-15)16-6-4-3-5-7-16/h3-11,14,18H,12-13H2,1-2H3,(H,22,24)(H3,21,23,25). The van der Waals surface area contributed by atoms with Crippen molar-refractivity contribution in [2.24, 2.45) is 5.73 Å². The first-order chi connectivity index (χ1) is 12.5. The lowest BCUT2D eigenvalue weighted by molar-refractivity contribution is -0.123. The molecule has 138 valence electrons. The van der Waals surface area contributed by atoms with E-state index < -0.39 is 12.1 Å². The molecular weight excluding hydrogens is 346 g/mol. The van der Waals surface area contributed by atoms with Gasteiger partial charge in [0.25, 0.3) is 0 Å². The van der Waals surface area contributed by atoms with Crippen LogP contribution in [0.5, 0.6) is 0 Å². The number of nitrogens with two attached hydrogens (primary N) is 1. The fourth-order valence-corrected chi connectivity index (χ4v) is 3.14. The van der Waals surface area contributed by atoms with Crippen molar-refractivity contribution in [2.45, 2.75) is 25.4 Å². The molecule has 0 aliphatic heterocycles. The molecule has 5 nitrogen and oxygen atoms in total. The average Bonchev–Trinajstić information content (AvgIpc) is 2.65. The number of primary amides is 1. The molecule has 0 bridgehead atoms. The minimum Gasteiger partial charge on any atom is -0.352 e. The molecule has 3 amide bonds. The van der Waals surface area contributed by atoms with Gasteiger partial charge in [-0.25, -0.2) is 4.79 Å². The number of benzene rings is 2. The first-order valence-electron chi connectivity index (χ1n) is 8.52. The van der Waals surface area contributed by atoms with E-state index in [1.165, 1.54) is 0 Å². The van der Waals surface area contributed by atoms with Crippen LogP contribution in [-0.2, 0) is 4.79 Å². The topological polar surface area (TPSA) is 84.2 Å². The van der Waals surface area contributed by atoms with Crippen LogP contribution >= 0.6 is 11.8 Å². The lowest BCUT2D eigenvalue weighted by atomic mass is 10.0. The zero-order chi connectivity index (χ0) is 18.9. The van der Waals surface area contributed by atoms with Crippen molar-refractivity contribution in [3.63, 3.8) is 0 Å². The van der Waals surface area contributed by atoms with Gasteiger partial charge in [-0.2, -0.15) is 11.8 Å². The van der Waals surface area contributed by atoms with Crippen molar-refractivity contribution >= 4 is 23.7 Å². The molecule has 0 spiro atoms. The van der Waals surface area contributed by atoms with Crippen molar-refractivity contribution in [3.8, 4) is 11.1 Å². The van der Waals surface area contributed by atoms with Gasteiger partial charge in [0, 0.05) is 0 Å². The third-order valence-corrected chi connectivity index (χ3v) is 4.76. The Hall–Kier alpha value is -2.47. The number of amides is 3. The number of urea groups is 1. The maximum absolute atomic E-state index is 12.5. The average molecular weight is 372 g/mol. The summed E-state index contributed by atoms with van der Waals surface area (Å²) in [4.78, 5) is 23.6. The Balaban J connectivity index is 2.02. The predicted octanol–water partition coefficient (Wildman–Crippen LogP) is 3.32. The number of hydrogen-bond donors (Lipinski definition) is 3. The van der Waals surface area contributed by atoms with Crippen LogP contribution in [0.25, 0.3) is 11.1 Å². The van der Waals surface area contributed by atoms with Crippen molar-refractivity contribution in [1.82, 2.24) is 10.6 Å². The molecule has 26 heavy (non-hydrogen) atoms. The summed E-state index contributed by atoms with van der Waals surface area (Å²) in [7, 11) is 0. The zero-order valence-electron chi connectivity index (χ0n) is 15.1. The lowest BCUT2D eigenvalue weighted by Gasteiger charge is -2.21. The number of nitrogens with one attached hydrogen (secondary N) is 2. The Labute approximate surface area is 158 Å². The number of rotatable bonds is 8. The van der Waals surface area contributed by atoms with Crippen molar-refractivity contribution in [3.05, 3.63) is 60.2 Å². The molecule has 4 N–H and O–H groups in total. The van der Waals surface area contributed by atoms with Crippen LogP contribution in [0.4, 0.5) is 4.79 Å². The van der Waals surface area contributed by atoms with Crippen molar-refractivity contribution < 1.29 is 9.59 Å². The molecule has 0 radical (unpaired) electrons. The number of thioether (sulfide) groups is 1. The molecule has 2 aromatic rings. The number of carbonyl (C=O) groups is 2. The summed E-state index contributed by atoms with van der Waals surface area (Å²) in [6.45, 7) is 1.92. The third-order valence-electron chi connectivity index (χ3n) is 4.12. The summed E-state index contributed by atoms with van der Waals surface area (Å²) in [6.07, 6.45) is 2.49. The monoisotopic (exact) mass is 371 g/mol. The first-order valence-corrected chi connectivity index (χ1v) is 9.91. The highest BCUT2D eigenvalue weighted by Gasteiger charge is 2.21. The maximum atomic E-state index is 12.5. The minimum atomic E-state index is -0.689. The first kappa shape index (κ1) is 19.8. The molecule has 2 unspecified atom stereocenters. The summed E-state index contributed by atoms with van der Waals surface area (Å²) >= 11 is 1.62. The Morgan fingerprint density at radius 3 is 2.19 bits per heavy atom. The summed E-state index contributed by atoms with van der Waals surface area (Å²) in [5, 5.41) is 5.47. The number of hydrogen-bond acceptors (Lipinski definition) is 3. The van der Waals surface area contributed by atoms with E-state index in [4.69, 9.17) is 5.73 Å². The Morgan fingerprint density at radius 1 is 1.00 bits per heavy atom. The smallest absolute Gasteiger partial charge is 0.312 e. The van der Waals surface area contributed by atoms with Crippen LogP contribution in [0.2, 0.25) is 0 Å². The van der Waals surface area contributed by atoms with Gasteiger partial charge < -0.3 is 16.4 Å². The summed E-state index contributed by atoms with van der Waals surface area (Å²) in [6, 6.07) is 16.7. The summed E-state index contributed by atoms with van der Waals surface area (Å²) < 4.78 is 0. The van der Waals surface area contributed by atoms with Crippen LogP contribution in [-0.4, -0.2) is 30.0 Å². The predicted molar refractivity (Wildman–Crippen MR) is 108 cm³/mol. The molecule has 0 saturated carbocycles. The Kier molecular flexibility index (Phi) is 7.53. The van der Waals surface area contributed by atoms with E-state index in [-0.39, 0.29) is 11.9 Å².